The zero-order chi connectivity index (χ0) is 43.9. The molecule has 4 N–H and O–H groups in total. The largest absolute Gasteiger partial charge is 0.449 e. The summed E-state index contributed by atoms with van der Waals surface area (Å²) in [5.41, 5.74) is 1.09. The van der Waals surface area contributed by atoms with Gasteiger partial charge in [0.25, 0.3) is 5.91 Å². The van der Waals surface area contributed by atoms with Crippen molar-refractivity contribution >= 4 is 41.4 Å². The summed E-state index contributed by atoms with van der Waals surface area (Å²) >= 11 is 0. The van der Waals surface area contributed by atoms with Crippen LogP contribution in [0.5, 0.6) is 0 Å². The number of allylic oxidation sites excluding steroid dienone is 1. The lowest BCUT2D eigenvalue weighted by molar-refractivity contribution is -0.154. The maximum absolute atomic E-state index is 14.1. The first-order valence-corrected chi connectivity index (χ1v) is 20.9. The molecular weight excluding hydrogens is 741 g/mol. The number of hydrogen-bond acceptors (Lipinski definition) is 8. The number of rotatable bonds is 8. The molecule has 0 aliphatic carbocycles. The maximum atomic E-state index is 14.1. The van der Waals surface area contributed by atoms with Crippen molar-refractivity contribution in [2.75, 3.05) is 20.6 Å². The zero-order valence-electron chi connectivity index (χ0n) is 36.8. The number of nitrogens with one attached hydrogen (secondary N) is 4. The quantitative estimate of drug-likeness (QED) is 0.285. The fraction of sp³-hybridized carbons (Fsp3) is 0.659. The van der Waals surface area contributed by atoms with Gasteiger partial charge >= 0.3 is 5.97 Å². The second kappa shape index (κ2) is 23.6. The molecule has 14 nitrogen and oxygen atoms in total. The molecule has 1 aromatic rings. The number of carbonyl (C=O) groups is 7. The van der Waals surface area contributed by atoms with E-state index in [0.717, 1.165) is 12.0 Å². The molecule has 0 spiro atoms. The van der Waals surface area contributed by atoms with Crippen molar-refractivity contribution in [1.29, 1.82) is 0 Å². The van der Waals surface area contributed by atoms with Crippen LogP contribution in [0.2, 0.25) is 0 Å². The highest BCUT2D eigenvalue weighted by Gasteiger charge is 2.36. The van der Waals surface area contributed by atoms with E-state index in [0.29, 0.717) is 24.8 Å². The van der Waals surface area contributed by atoms with Crippen LogP contribution >= 0.6 is 0 Å². The van der Waals surface area contributed by atoms with Crippen LogP contribution in [-0.4, -0.2) is 108 Å². The van der Waals surface area contributed by atoms with Crippen LogP contribution in [-0.2, 0) is 44.7 Å². The molecule has 0 saturated carbocycles. The van der Waals surface area contributed by atoms with Gasteiger partial charge in [0.2, 0.25) is 29.5 Å². The van der Waals surface area contributed by atoms with Crippen LogP contribution < -0.4 is 21.3 Å². The number of benzene rings is 1. The van der Waals surface area contributed by atoms with Crippen molar-refractivity contribution in [2.24, 2.45) is 23.7 Å². The van der Waals surface area contributed by atoms with E-state index in [4.69, 9.17) is 4.74 Å². The first-order valence-electron chi connectivity index (χ1n) is 20.9. The van der Waals surface area contributed by atoms with Gasteiger partial charge in [-0.05, 0) is 69.3 Å². The Morgan fingerprint density at radius 1 is 0.759 bits per heavy atom. The number of esters is 1. The molecule has 1 unspecified atom stereocenters. The average Bonchev–Trinajstić information content (AvgIpc) is 3.18. The first kappa shape index (κ1) is 49.4. The Kier molecular flexibility index (Phi) is 20.1. The Morgan fingerprint density at radius 2 is 1.36 bits per heavy atom. The van der Waals surface area contributed by atoms with E-state index in [1.54, 1.807) is 19.9 Å². The number of carbonyl (C=O) groups excluding carboxylic acids is 7. The minimum Gasteiger partial charge on any atom is -0.449 e. The molecule has 0 saturated heterocycles. The molecule has 14 heteroatoms. The van der Waals surface area contributed by atoms with E-state index in [2.05, 4.69) is 28.2 Å². The van der Waals surface area contributed by atoms with Gasteiger partial charge < -0.3 is 35.8 Å². The monoisotopic (exact) mass is 811 g/mol. The molecule has 0 fully saturated rings. The summed E-state index contributed by atoms with van der Waals surface area (Å²) in [6, 6.07) is 4.79. The number of amides is 6. The molecule has 1 heterocycles. The number of ether oxygens (including phenoxy) is 1. The summed E-state index contributed by atoms with van der Waals surface area (Å²) in [5.74, 6) is -4.11. The minimum absolute atomic E-state index is 0.00352. The van der Waals surface area contributed by atoms with Crippen molar-refractivity contribution in [3.63, 3.8) is 0 Å². The molecule has 9 atom stereocenters. The third-order valence-corrected chi connectivity index (χ3v) is 11.2. The Hall–Kier alpha value is -4.75. The minimum atomic E-state index is -1.17. The van der Waals surface area contributed by atoms with Crippen LogP contribution in [0.3, 0.4) is 0 Å². The number of likely N-dealkylation sites (N-methyl/N-ethyl adjacent to an activating group) is 2. The van der Waals surface area contributed by atoms with Crippen molar-refractivity contribution < 1.29 is 38.3 Å². The molecule has 58 heavy (non-hydrogen) atoms. The topological polar surface area (TPSA) is 183 Å². The van der Waals surface area contributed by atoms with Crippen molar-refractivity contribution in [3.8, 4) is 0 Å². The van der Waals surface area contributed by atoms with E-state index in [9.17, 15) is 33.6 Å². The summed E-state index contributed by atoms with van der Waals surface area (Å²) in [4.78, 5) is 98.2. The predicted octanol–water partition coefficient (Wildman–Crippen LogP) is 3.92. The van der Waals surface area contributed by atoms with Gasteiger partial charge in [0.15, 0.2) is 6.10 Å². The summed E-state index contributed by atoms with van der Waals surface area (Å²) in [7, 11) is 2.91. The molecule has 6 amide bonds. The summed E-state index contributed by atoms with van der Waals surface area (Å²) in [6.45, 7) is 17.9. The van der Waals surface area contributed by atoms with Crippen molar-refractivity contribution in [1.82, 2.24) is 31.1 Å². The molecule has 1 aliphatic rings. The second-order valence-corrected chi connectivity index (χ2v) is 16.6. The van der Waals surface area contributed by atoms with Crippen LogP contribution in [0.1, 0.15) is 107 Å². The summed E-state index contributed by atoms with van der Waals surface area (Å²) < 4.78 is 5.73. The highest BCUT2D eigenvalue weighted by molar-refractivity contribution is 5.96. The van der Waals surface area contributed by atoms with Crippen molar-refractivity contribution in [3.05, 3.63) is 47.5 Å². The lowest BCUT2D eigenvalue weighted by Crippen LogP contribution is -2.58. The van der Waals surface area contributed by atoms with Gasteiger partial charge in [-0.3, -0.25) is 28.8 Å². The van der Waals surface area contributed by atoms with Crippen molar-refractivity contribution in [2.45, 2.75) is 144 Å². The van der Waals surface area contributed by atoms with E-state index < -0.39 is 72.3 Å². The van der Waals surface area contributed by atoms with E-state index in [-0.39, 0.29) is 48.5 Å². The van der Waals surface area contributed by atoms with Gasteiger partial charge in [-0.25, -0.2) is 4.79 Å². The molecule has 2 rings (SSSR count). The van der Waals surface area contributed by atoms with E-state index in [1.165, 1.54) is 30.8 Å². The van der Waals surface area contributed by atoms with Gasteiger partial charge in [-0.15, -0.1) is 0 Å². The van der Waals surface area contributed by atoms with Crippen LogP contribution in [0.15, 0.2) is 42.0 Å². The highest BCUT2D eigenvalue weighted by Crippen LogP contribution is 2.22. The normalized spacial score (nSPS) is 28.1. The third-order valence-electron chi connectivity index (χ3n) is 11.2. The molecule has 0 aromatic heterocycles. The van der Waals surface area contributed by atoms with Gasteiger partial charge in [0, 0.05) is 32.1 Å². The molecule has 1 aromatic carbocycles. The highest BCUT2D eigenvalue weighted by atomic mass is 16.5. The number of cyclic esters (lactones) is 1. The average molecular weight is 811 g/mol. The lowest BCUT2D eigenvalue weighted by Gasteiger charge is -2.33. The Labute approximate surface area is 346 Å². The zero-order valence-corrected chi connectivity index (χ0v) is 36.8. The molecule has 1 aliphatic heterocycles. The number of hydrogen-bond donors (Lipinski definition) is 4. The predicted molar refractivity (Wildman–Crippen MR) is 224 cm³/mol. The Bertz CT molecular complexity index is 1600. The fourth-order valence-electron chi connectivity index (χ4n) is 6.96. The molecule has 0 bridgehead atoms. The SMILES string of the molecule is CCC(C)[C@@H]1NC(=O)CN(C)C(=O)[C@@H](Cc2ccccc2)N(C)C(=O)[C@H](C)NC(=O)[C@@H](CC(C)C)OC(=O)/C(C)=C/CC[C@H](C)[C@@H]([C@@H](C)CC)NC(=O)[C@@H](C)NC1=O. The smallest absolute Gasteiger partial charge is 0.334 e. The lowest BCUT2D eigenvalue weighted by atomic mass is 9.85. The van der Waals surface area contributed by atoms with E-state index in [1.807, 2.05) is 71.9 Å². The van der Waals surface area contributed by atoms with Gasteiger partial charge in [-0.2, -0.15) is 0 Å². The molecular formula is C44H70N6O8. The molecule has 0 radical (unpaired) electrons. The Morgan fingerprint density at radius 3 is 1.95 bits per heavy atom. The Balaban J connectivity index is 2.57. The fourth-order valence-corrected chi connectivity index (χ4v) is 6.96. The number of nitrogens with zero attached hydrogens (tertiary/aromatic N) is 2. The van der Waals surface area contributed by atoms with Crippen LogP contribution in [0.25, 0.3) is 0 Å². The first-order chi connectivity index (χ1) is 27.2. The second-order valence-electron chi connectivity index (χ2n) is 16.6. The summed E-state index contributed by atoms with van der Waals surface area (Å²) in [5, 5.41) is 11.4. The van der Waals surface area contributed by atoms with Gasteiger partial charge in [-0.1, -0.05) is 97.7 Å². The molecule has 324 valence electrons. The van der Waals surface area contributed by atoms with Crippen LogP contribution in [0.4, 0.5) is 0 Å². The van der Waals surface area contributed by atoms with E-state index >= 15 is 0 Å². The standard InChI is InChI=1S/C44H70N6O8/c1-13-27(5)37-29(7)19-18-20-30(8)44(57)58-35(23-26(3)4)40(53)46-32(10)42(55)50(12)34(24-33-21-16-15-17-22-33)43(56)49(11)25-36(51)47-38(28(6)14-2)41(54)45-31(9)39(52)48-37/h15-17,20-22,26-29,31-32,34-35,37-38H,13-14,18-19,23-25H2,1-12H3,(H,45,54)(H,46,53)(H,47,51)(H,48,52)/b30-20+/t27-,28?,29-,31+,32-,34+,35+,37+,38-/m0/s1. The summed E-state index contributed by atoms with van der Waals surface area (Å²) in [6.07, 6.45) is 3.40. The van der Waals surface area contributed by atoms with Crippen LogP contribution in [0, 0.1) is 23.7 Å². The third kappa shape index (κ3) is 14.9. The maximum Gasteiger partial charge on any atom is 0.334 e. The van der Waals surface area contributed by atoms with Gasteiger partial charge in [0.1, 0.15) is 24.2 Å². The van der Waals surface area contributed by atoms with Gasteiger partial charge in [0.05, 0.1) is 6.54 Å².